The van der Waals surface area contributed by atoms with Gasteiger partial charge in [-0.3, -0.25) is 0 Å². The van der Waals surface area contributed by atoms with Crippen molar-refractivity contribution in [1.29, 1.82) is 0 Å². The topological polar surface area (TPSA) is 90.4 Å². The Bertz CT molecular complexity index is 437. The van der Waals surface area contributed by atoms with Crippen LogP contribution in [0.2, 0.25) is 0 Å². The summed E-state index contributed by atoms with van der Waals surface area (Å²) in [6.07, 6.45) is 0.846. The van der Waals surface area contributed by atoms with E-state index in [0.29, 0.717) is 44.3 Å². The molecule has 8 heteroatoms. The molecule has 1 aromatic rings. The van der Waals surface area contributed by atoms with Crippen LogP contribution in [0, 0.1) is 0 Å². The second-order valence-corrected chi connectivity index (χ2v) is 4.49. The SMILES string of the molecule is CCOc1nc(NC)nc(NCC2(OC)CCOC2)n1. The summed E-state index contributed by atoms with van der Waals surface area (Å²) in [4.78, 5) is 12.6. The Labute approximate surface area is 118 Å². The van der Waals surface area contributed by atoms with Crippen molar-refractivity contribution in [3.05, 3.63) is 0 Å². The summed E-state index contributed by atoms with van der Waals surface area (Å²) in [6, 6.07) is 0.295. The van der Waals surface area contributed by atoms with Crippen LogP contribution in [0.4, 0.5) is 11.9 Å². The lowest BCUT2D eigenvalue weighted by molar-refractivity contribution is -0.00632. The molecule has 1 saturated heterocycles. The highest BCUT2D eigenvalue weighted by molar-refractivity contribution is 5.35. The third-order valence-corrected chi connectivity index (χ3v) is 3.18. The van der Waals surface area contributed by atoms with Gasteiger partial charge in [0.1, 0.15) is 5.60 Å². The van der Waals surface area contributed by atoms with Crippen molar-refractivity contribution in [3.8, 4) is 6.01 Å². The summed E-state index contributed by atoms with van der Waals surface area (Å²) in [5.41, 5.74) is -0.321. The van der Waals surface area contributed by atoms with Gasteiger partial charge < -0.3 is 24.8 Å². The van der Waals surface area contributed by atoms with E-state index in [2.05, 4.69) is 25.6 Å². The lowest BCUT2D eigenvalue weighted by Crippen LogP contribution is -2.40. The lowest BCUT2D eigenvalue weighted by Gasteiger charge is -2.25. The van der Waals surface area contributed by atoms with Crippen molar-refractivity contribution >= 4 is 11.9 Å². The number of hydrogen-bond donors (Lipinski definition) is 2. The number of methoxy groups -OCH3 is 1. The second-order valence-electron chi connectivity index (χ2n) is 4.49. The molecule has 2 heterocycles. The van der Waals surface area contributed by atoms with Crippen LogP contribution in [-0.2, 0) is 9.47 Å². The third-order valence-electron chi connectivity index (χ3n) is 3.18. The Hall–Kier alpha value is -1.67. The molecule has 0 radical (unpaired) electrons. The van der Waals surface area contributed by atoms with Gasteiger partial charge in [0.2, 0.25) is 11.9 Å². The van der Waals surface area contributed by atoms with Gasteiger partial charge in [0.15, 0.2) is 0 Å². The Kier molecular flexibility index (Phi) is 4.91. The molecule has 1 unspecified atom stereocenters. The molecule has 1 atom stereocenters. The molecule has 112 valence electrons. The summed E-state index contributed by atoms with van der Waals surface area (Å²) in [6.45, 7) is 4.23. The van der Waals surface area contributed by atoms with Gasteiger partial charge >= 0.3 is 6.01 Å². The van der Waals surface area contributed by atoms with Crippen molar-refractivity contribution in [1.82, 2.24) is 15.0 Å². The van der Waals surface area contributed by atoms with Gasteiger partial charge in [0.25, 0.3) is 0 Å². The first-order chi connectivity index (χ1) is 9.71. The molecule has 0 aliphatic carbocycles. The van der Waals surface area contributed by atoms with Gasteiger partial charge in [-0.2, -0.15) is 15.0 Å². The van der Waals surface area contributed by atoms with Crippen LogP contribution >= 0.6 is 0 Å². The Morgan fingerprint density at radius 1 is 1.30 bits per heavy atom. The van der Waals surface area contributed by atoms with Crippen molar-refractivity contribution in [2.75, 3.05) is 51.2 Å². The minimum Gasteiger partial charge on any atom is -0.464 e. The van der Waals surface area contributed by atoms with Crippen LogP contribution in [0.1, 0.15) is 13.3 Å². The fourth-order valence-corrected chi connectivity index (χ4v) is 1.94. The van der Waals surface area contributed by atoms with E-state index in [0.717, 1.165) is 6.42 Å². The summed E-state index contributed by atoms with van der Waals surface area (Å²) >= 11 is 0. The molecule has 0 amide bonds. The Morgan fingerprint density at radius 3 is 2.70 bits per heavy atom. The largest absolute Gasteiger partial charge is 0.464 e. The molecule has 0 aromatic carbocycles. The van der Waals surface area contributed by atoms with Gasteiger partial charge in [-0.1, -0.05) is 0 Å². The monoisotopic (exact) mass is 283 g/mol. The maximum atomic E-state index is 5.55. The van der Waals surface area contributed by atoms with Crippen molar-refractivity contribution in [2.45, 2.75) is 18.9 Å². The fraction of sp³-hybridized carbons (Fsp3) is 0.750. The number of nitrogens with zero attached hydrogens (tertiary/aromatic N) is 3. The number of anilines is 2. The number of nitrogens with one attached hydrogen (secondary N) is 2. The molecular weight excluding hydrogens is 262 g/mol. The average Bonchev–Trinajstić information content (AvgIpc) is 2.95. The molecule has 0 bridgehead atoms. The van der Waals surface area contributed by atoms with Gasteiger partial charge in [0, 0.05) is 33.7 Å². The fourth-order valence-electron chi connectivity index (χ4n) is 1.94. The summed E-state index contributed by atoms with van der Waals surface area (Å²) in [5.74, 6) is 0.913. The molecule has 2 rings (SSSR count). The quantitative estimate of drug-likeness (QED) is 0.749. The van der Waals surface area contributed by atoms with E-state index in [-0.39, 0.29) is 5.60 Å². The van der Waals surface area contributed by atoms with Crippen molar-refractivity contribution in [2.24, 2.45) is 0 Å². The molecule has 0 spiro atoms. The molecular formula is C12H21N5O3. The standard InChI is InChI=1S/C12H21N5O3/c1-4-20-11-16-9(13-2)15-10(17-11)14-7-12(18-3)5-6-19-8-12/h4-8H2,1-3H3,(H2,13,14,15,16,17). The minimum absolute atomic E-state index is 0.295. The Balaban J connectivity index is 2.06. The first-order valence-electron chi connectivity index (χ1n) is 6.65. The van der Waals surface area contributed by atoms with E-state index in [1.807, 2.05) is 6.92 Å². The van der Waals surface area contributed by atoms with E-state index in [1.54, 1.807) is 14.2 Å². The zero-order chi connectivity index (χ0) is 14.4. The van der Waals surface area contributed by atoms with Crippen molar-refractivity contribution in [3.63, 3.8) is 0 Å². The molecule has 20 heavy (non-hydrogen) atoms. The van der Waals surface area contributed by atoms with E-state index >= 15 is 0 Å². The second kappa shape index (κ2) is 6.67. The molecule has 8 nitrogen and oxygen atoms in total. The van der Waals surface area contributed by atoms with Crippen LogP contribution in [0.15, 0.2) is 0 Å². The number of rotatable bonds is 7. The maximum absolute atomic E-state index is 5.55. The highest BCUT2D eigenvalue weighted by Crippen LogP contribution is 2.23. The molecule has 1 aliphatic heterocycles. The summed E-state index contributed by atoms with van der Waals surface area (Å²) in [5, 5.41) is 6.04. The molecule has 0 saturated carbocycles. The van der Waals surface area contributed by atoms with E-state index in [4.69, 9.17) is 14.2 Å². The summed E-state index contributed by atoms with van der Waals surface area (Å²) in [7, 11) is 3.44. The van der Waals surface area contributed by atoms with Crippen LogP contribution in [0.25, 0.3) is 0 Å². The smallest absolute Gasteiger partial charge is 0.323 e. The predicted octanol–water partition coefficient (Wildman–Crippen LogP) is 0.529. The van der Waals surface area contributed by atoms with E-state index < -0.39 is 0 Å². The van der Waals surface area contributed by atoms with Crippen molar-refractivity contribution < 1.29 is 14.2 Å². The van der Waals surface area contributed by atoms with Gasteiger partial charge in [-0.25, -0.2) is 0 Å². The van der Waals surface area contributed by atoms with Crippen LogP contribution in [0.3, 0.4) is 0 Å². The molecule has 1 aromatic heterocycles. The zero-order valence-electron chi connectivity index (χ0n) is 12.1. The molecule has 2 N–H and O–H groups in total. The number of hydrogen-bond acceptors (Lipinski definition) is 8. The number of aromatic nitrogens is 3. The first-order valence-corrected chi connectivity index (χ1v) is 6.65. The van der Waals surface area contributed by atoms with Crippen LogP contribution < -0.4 is 15.4 Å². The predicted molar refractivity (Wildman–Crippen MR) is 74.2 cm³/mol. The first kappa shape index (κ1) is 14.7. The van der Waals surface area contributed by atoms with E-state index in [9.17, 15) is 0 Å². The lowest BCUT2D eigenvalue weighted by atomic mass is 10.0. The normalized spacial score (nSPS) is 21.8. The summed E-state index contributed by atoms with van der Waals surface area (Å²) < 4.78 is 16.3. The molecule has 1 fully saturated rings. The van der Waals surface area contributed by atoms with Gasteiger partial charge in [-0.15, -0.1) is 0 Å². The van der Waals surface area contributed by atoms with Crippen LogP contribution in [0.5, 0.6) is 6.01 Å². The molecule has 1 aliphatic rings. The van der Waals surface area contributed by atoms with Gasteiger partial charge in [-0.05, 0) is 6.92 Å². The van der Waals surface area contributed by atoms with Crippen LogP contribution in [-0.4, -0.2) is 61.1 Å². The minimum atomic E-state index is -0.321. The third kappa shape index (κ3) is 3.45. The van der Waals surface area contributed by atoms with E-state index in [1.165, 1.54) is 0 Å². The maximum Gasteiger partial charge on any atom is 0.323 e. The number of ether oxygens (including phenoxy) is 3. The average molecular weight is 283 g/mol. The highest BCUT2D eigenvalue weighted by Gasteiger charge is 2.35. The van der Waals surface area contributed by atoms with Gasteiger partial charge in [0.05, 0.1) is 13.2 Å². The Morgan fingerprint density at radius 2 is 2.10 bits per heavy atom. The highest BCUT2D eigenvalue weighted by atomic mass is 16.5. The zero-order valence-corrected chi connectivity index (χ0v) is 12.1.